The van der Waals surface area contributed by atoms with Crippen LogP contribution in [0.4, 0.5) is 0 Å². The molecule has 0 aromatic heterocycles. The predicted molar refractivity (Wildman–Crippen MR) is 63.6 cm³/mol. The molecule has 1 aromatic carbocycles. The molecular formula is C8H7ClN2OS2. The maximum atomic E-state index is 11.4. The SMILES string of the molecule is O=C(NNC(=S)S)c1ccc(Cl)cc1. The minimum atomic E-state index is -0.293. The Morgan fingerprint density at radius 1 is 1.29 bits per heavy atom. The average Bonchev–Trinajstić information content (AvgIpc) is 2.15. The lowest BCUT2D eigenvalue weighted by molar-refractivity contribution is 0.0944. The number of benzene rings is 1. The lowest BCUT2D eigenvalue weighted by Gasteiger charge is -2.05. The number of thiol groups is 1. The Labute approximate surface area is 97.2 Å². The quantitative estimate of drug-likeness (QED) is 0.402. The molecule has 2 N–H and O–H groups in total. The number of halogens is 1. The largest absolute Gasteiger partial charge is 0.283 e. The molecule has 0 saturated carbocycles. The maximum Gasteiger partial charge on any atom is 0.269 e. The van der Waals surface area contributed by atoms with E-state index in [0.29, 0.717) is 10.6 Å². The summed E-state index contributed by atoms with van der Waals surface area (Å²) >= 11 is 14.1. The number of carbonyl (C=O) groups is 1. The van der Waals surface area contributed by atoms with Gasteiger partial charge in [-0.3, -0.25) is 15.6 Å². The van der Waals surface area contributed by atoms with Crippen molar-refractivity contribution in [2.24, 2.45) is 0 Å². The zero-order valence-electron chi connectivity index (χ0n) is 6.95. The van der Waals surface area contributed by atoms with Crippen LogP contribution in [0.2, 0.25) is 5.02 Å². The highest BCUT2D eigenvalue weighted by Gasteiger charge is 2.03. The molecule has 0 unspecified atom stereocenters. The first-order chi connectivity index (χ1) is 6.59. The van der Waals surface area contributed by atoms with Gasteiger partial charge in [-0.15, -0.1) is 12.6 Å². The highest BCUT2D eigenvalue weighted by Crippen LogP contribution is 2.08. The lowest BCUT2D eigenvalue weighted by Crippen LogP contribution is -2.38. The number of hydrogen-bond acceptors (Lipinski definition) is 2. The fourth-order valence-corrected chi connectivity index (χ4v) is 1.02. The summed E-state index contributed by atoms with van der Waals surface area (Å²) < 4.78 is 0.201. The second kappa shape index (κ2) is 5.19. The summed E-state index contributed by atoms with van der Waals surface area (Å²) in [5.41, 5.74) is 5.28. The average molecular weight is 247 g/mol. The van der Waals surface area contributed by atoms with Crippen LogP contribution in [-0.2, 0) is 0 Å². The first kappa shape index (κ1) is 11.3. The molecule has 0 bridgehead atoms. The van der Waals surface area contributed by atoms with Gasteiger partial charge in [0.2, 0.25) is 0 Å². The van der Waals surface area contributed by atoms with E-state index in [4.69, 9.17) is 11.6 Å². The molecule has 0 fully saturated rings. The molecule has 14 heavy (non-hydrogen) atoms. The summed E-state index contributed by atoms with van der Waals surface area (Å²) in [5, 5.41) is 0.583. The van der Waals surface area contributed by atoms with Crippen LogP contribution in [0.1, 0.15) is 10.4 Å². The summed E-state index contributed by atoms with van der Waals surface area (Å²) in [6.45, 7) is 0. The third-order valence-electron chi connectivity index (χ3n) is 1.39. The van der Waals surface area contributed by atoms with Crippen LogP contribution in [0.15, 0.2) is 24.3 Å². The van der Waals surface area contributed by atoms with E-state index in [0.717, 1.165) is 0 Å². The van der Waals surface area contributed by atoms with E-state index in [1.807, 2.05) is 0 Å². The molecule has 0 spiro atoms. The van der Waals surface area contributed by atoms with Crippen molar-refractivity contribution in [3.05, 3.63) is 34.9 Å². The maximum absolute atomic E-state index is 11.4. The van der Waals surface area contributed by atoms with Crippen LogP contribution in [0.3, 0.4) is 0 Å². The monoisotopic (exact) mass is 246 g/mol. The van der Waals surface area contributed by atoms with Crippen LogP contribution in [0.5, 0.6) is 0 Å². The van der Waals surface area contributed by atoms with Gasteiger partial charge in [0.1, 0.15) is 4.32 Å². The Bertz CT molecular complexity index is 353. The second-order valence-corrected chi connectivity index (χ2v) is 3.99. The molecule has 0 saturated heterocycles. The van der Waals surface area contributed by atoms with Crippen molar-refractivity contribution >= 4 is 46.7 Å². The third-order valence-corrected chi connectivity index (χ3v) is 1.86. The predicted octanol–water partition coefficient (Wildman–Crippen LogP) is 1.79. The van der Waals surface area contributed by atoms with E-state index < -0.39 is 0 Å². The minimum Gasteiger partial charge on any atom is -0.283 e. The molecule has 74 valence electrons. The number of thiocarbonyl (C=S) groups is 1. The fraction of sp³-hybridized carbons (Fsp3) is 0. The highest BCUT2D eigenvalue weighted by molar-refractivity contribution is 8.11. The zero-order valence-corrected chi connectivity index (χ0v) is 9.42. The summed E-state index contributed by atoms with van der Waals surface area (Å²) in [4.78, 5) is 11.4. The zero-order chi connectivity index (χ0) is 10.6. The van der Waals surface area contributed by atoms with Gasteiger partial charge >= 0.3 is 0 Å². The number of rotatable bonds is 1. The van der Waals surface area contributed by atoms with Crippen LogP contribution in [0.25, 0.3) is 0 Å². The molecule has 0 radical (unpaired) electrons. The van der Waals surface area contributed by atoms with Crippen molar-refractivity contribution in [3.63, 3.8) is 0 Å². The first-order valence-electron chi connectivity index (χ1n) is 3.64. The van der Waals surface area contributed by atoms with Gasteiger partial charge < -0.3 is 0 Å². The van der Waals surface area contributed by atoms with Crippen LogP contribution in [-0.4, -0.2) is 10.2 Å². The molecule has 0 heterocycles. The summed E-state index contributed by atoms with van der Waals surface area (Å²) in [7, 11) is 0. The van der Waals surface area contributed by atoms with Crippen molar-refractivity contribution in [1.82, 2.24) is 10.9 Å². The van der Waals surface area contributed by atoms with Gasteiger partial charge in [-0.1, -0.05) is 23.8 Å². The summed E-state index contributed by atoms with van der Waals surface area (Å²) in [6.07, 6.45) is 0. The Kier molecular flexibility index (Phi) is 4.19. The molecule has 0 aliphatic carbocycles. The topological polar surface area (TPSA) is 41.1 Å². The van der Waals surface area contributed by atoms with Gasteiger partial charge in [-0.25, -0.2) is 0 Å². The van der Waals surface area contributed by atoms with Crippen molar-refractivity contribution in [2.75, 3.05) is 0 Å². The van der Waals surface area contributed by atoms with E-state index >= 15 is 0 Å². The minimum absolute atomic E-state index is 0.201. The summed E-state index contributed by atoms with van der Waals surface area (Å²) in [6, 6.07) is 6.49. The Balaban J connectivity index is 2.61. The number of hydrogen-bond donors (Lipinski definition) is 3. The van der Waals surface area contributed by atoms with Crippen molar-refractivity contribution in [1.29, 1.82) is 0 Å². The molecule has 1 aromatic rings. The Morgan fingerprint density at radius 2 is 1.86 bits per heavy atom. The fourth-order valence-electron chi connectivity index (χ4n) is 0.784. The number of nitrogens with one attached hydrogen (secondary N) is 2. The normalized spacial score (nSPS) is 9.29. The van der Waals surface area contributed by atoms with Gasteiger partial charge in [0.05, 0.1) is 0 Å². The van der Waals surface area contributed by atoms with E-state index in [1.54, 1.807) is 24.3 Å². The van der Waals surface area contributed by atoms with Gasteiger partial charge in [-0.05, 0) is 24.3 Å². The smallest absolute Gasteiger partial charge is 0.269 e. The molecule has 3 nitrogen and oxygen atoms in total. The molecular weight excluding hydrogens is 240 g/mol. The third kappa shape index (κ3) is 3.53. The number of carbonyl (C=O) groups excluding carboxylic acids is 1. The Morgan fingerprint density at radius 3 is 2.36 bits per heavy atom. The van der Waals surface area contributed by atoms with Crippen LogP contribution < -0.4 is 10.9 Å². The molecule has 6 heteroatoms. The lowest BCUT2D eigenvalue weighted by atomic mass is 10.2. The number of hydrazine groups is 1. The molecule has 0 atom stereocenters. The van der Waals surface area contributed by atoms with Gasteiger partial charge in [0.25, 0.3) is 5.91 Å². The van der Waals surface area contributed by atoms with E-state index in [1.165, 1.54) is 0 Å². The summed E-state index contributed by atoms with van der Waals surface area (Å²) in [5.74, 6) is -0.293. The van der Waals surface area contributed by atoms with Crippen molar-refractivity contribution < 1.29 is 4.79 Å². The van der Waals surface area contributed by atoms with E-state index in [2.05, 4.69) is 35.7 Å². The van der Waals surface area contributed by atoms with Crippen LogP contribution >= 0.6 is 36.4 Å². The standard InChI is InChI=1S/C8H7ClN2OS2/c9-6-3-1-5(2-4-6)7(12)10-11-8(13)14/h1-4H,(H,10,12)(H2,11,13,14). The van der Waals surface area contributed by atoms with Gasteiger partial charge in [0, 0.05) is 10.6 Å². The number of amides is 1. The molecule has 0 aliphatic heterocycles. The first-order valence-corrected chi connectivity index (χ1v) is 4.88. The van der Waals surface area contributed by atoms with Gasteiger partial charge in [-0.2, -0.15) is 0 Å². The van der Waals surface area contributed by atoms with E-state index in [-0.39, 0.29) is 10.2 Å². The molecule has 1 rings (SSSR count). The van der Waals surface area contributed by atoms with Gasteiger partial charge in [0.15, 0.2) is 0 Å². The molecule has 0 aliphatic rings. The molecule has 1 amide bonds. The van der Waals surface area contributed by atoms with E-state index in [9.17, 15) is 4.79 Å². The van der Waals surface area contributed by atoms with Crippen LogP contribution in [0, 0.1) is 0 Å². The van der Waals surface area contributed by atoms with Crippen molar-refractivity contribution in [2.45, 2.75) is 0 Å². The highest BCUT2D eigenvalue weighted by atomic mass is 35.5. The Hall–Kier alpha value is -0.780. The second-order valence-electron chi connectivity index (χ2n) is 2.39. The van der Waals surface area contributed by atoms with Crippen molar-refractivity contribution in [3.8, 4) is 0 Å².